The Kier molecular flexibility index (Phi) is 4.75. The highest BCUT2D eigenvalue weighted by atomic mass is 32.1. The van der Waals surface area contributed by atoms with Crippen molar-refractivity contribution >= 4 is 23.2 Å². The molecule has 0 radical (unpaired) electrons. The van der Waals surface area contributed by atoms with Gasteiger partial charge in [0.2, 0.25) is 5.11 Å². The number of azo groups is 1. The summed E-state index contributed by atoms with van der Waals surface area (Å²) in [5.74, 6) is 0.807. The molecule has 3 nitrogen and oxygen atoms in total. The van der Waals surface area contributed by atoms with Crippen LogP contribution in [0.1, 0.15) is 45.4 Å². The van der Waals surface area contributed by atoms with Crippen molar-refractivity contribution < 1.29 is 0 Å². The van der Waals surface area contributed by atoms with Gasteiger partial charge in [0.1, 0.15) is 0 Å². The van der Waals surface area contributed by atoms with E-state index in [2.05, 4.69) is 22.1 Å². The standard InChI is InChI=1S/C9H15N3S/c1-2-3-4-5-6-7-8-10-9(13)12-11-8/h2-7H2,1H3. The number of unbranched alkanes of at least 4 members (excludes halogenated alkanes) is 4. The van der Waals surface area contributed by atoms with E-state index in [0.29, 0.717) is 5.11 Å². The Labute approximate surface area is 84.4 Å². The molecule has 0 aromatic rings. The number of aliphatic imine (C=N–C) groups is 1. The Morgan fingerprint density at radius 1 is 1.08 bits per heavy atom. The second-order valence-electron chi connectivity index (χ2n) is 3.17. The van der Waals surface area contributed by atoms with Gasteiger partial charge in [-0.3, -0.25) is 0 Å². The summed E-state index contributed by atoms with van der Waals surface area (Å²) in [5.41, 5.74) is 0. The average Bonchev–Trinajstić information content (AvgIpc) is 2.51. The van der Waals surface area contributed by atoms with Crippen molar-refractivity contribution in [1.82, 2.24) is 0 Å². The van der Waals surface area contributed by atoms with Crippen LogP contribution in [0, 0.1) is 0 Å². The quantitative estimate of drug-likeness (QED) is 0.474. The molecule has 0 saturated carbocycles. The Bertz CT molecular complexity index is 233. The van der Waals surface area contributed by atoms with Crippen LogP contribution >= 0.6 is 12.2 Å². The molecule has 0 aromatic carbocycles. The SMILES string of the molecule is CCCCCCCC1=NC(=S)N=N1. The van der Waals surface area contributed by atoms with E-state index in [4.69, 9.17) is 12.2 Å². The van der Waals surface area contributed by atoms with E-state index < -0.39 is 0 Å². The molecule has 0 unspecified atom stereocenters. The minimum atomic E-state index is 0.378. The summed E-state index contributed by atoms with van der Waals surface area (Å²) in [7, 11) is 0. The molecular formula is C9H15N3S. The summed E-state index contributed by atoms with van der Waals surface area (Å²) in [6, 6.07) is 0. The van der Waals surface area contributed by atoms with Crippen molar-refractivity contribution in [1.29, 1.82) is 0 Å². The zero-order valence-electron chi connectivity index (χ0n) is 7.99. The molecule has 1 heterocycles. The fraction of sp³-hybridized carbons (Fsp3) is 0.778. The molecule has 0 bridgehead atoms. The van der Waals surface area contributed by atoms with Crippen molar-refractivity contribution in [2.45, 2.75) is 45.4 Å². The first-order valence-electron chi connectivity index (χ1n) is 4.86. The van der Waals surface area contributed by atoms with Gasteiger partial charge < -0.3 is 0 Å². The monoisotopic (exact) mass is 197 g/mol. The predicted octanol–water partition coefficient (Wildman–Crippen LogP) is 3.50. The number of amidine groups is 1. The summed E-state index contributed by atoms with van der Waals surface area (Å²) in [4.78, 5) is 4.02. The molecular weight excluding hydrogens is 182 g/mol. The van der Waals surface area contributed by atoms with E-state index in [1.165, 1.54) is 25.7 Å². The summed E-state index contributed by atoms with van der Waals surface area (Å²) in [5, 5.41) is 7.93. The van der Waals surface area contributed by atoms with Crippen LogP contribution in [0.5, 0.6) is 0 Å². The summed E-state index contributed by atoms with van der Waals surface area (Å²) in [6.45, 7) is 2.22. The Balaban J connectivity index is 2.04. The fourth-order valence-corrected chi connectivity index (χ4v) is 1.39. The third-order valence-corrected chi connectivity index (χ3v) is 2.15. The molecule has 0 atom stereocenters. The molecule has 72 valence electrons. The van der Waals surface area contributed by atoms with E-state index in [1.807, 2.05) is 0 Å². The average molecular weight is 197 g/mol. The number of hydrogen-bond acceptors (Lipinski definition) is 2. The lowest BCUT2D eigenvalue weighted by Gasteiger charge is -1.96. The summed E-state index contributed by atoms with van der Waals surface area (Å²) >= 11 is 4.77. The number of hydrogen-bond donors (Lipinski definition) is 0. The van der Waals surface area contributed by atoms with Gasteiger partial charge in [0, 0.05) is 6.42 Å². The van der Waals surface area contributed by atoms with Crippen LogP contribution in [0.25, 0.3) is 0 Å². The van der Waals surface area contributed by atoms with Crippen LogP contribution in [0.2, 0.25) is 0 Å². The van der Waals surface area contributed by atoms with Gasteiger partial charge in [-0.2, -0.15) is 4.99 Å². The highest BCUT2D eigenvalue weighted by Gasteiger charge is 2.05. The number of thiocarbonyl (C=S) groups is 1. The van der Waals surface area contributed by atoms with Gasteiger partial charge in [-0.15, -0.1) is 10.2 Å². The topological polar surface area (TPSA) is 37.1 Å². The molecule has 0 amide bonds. The van der Waals surface area contributed by atoms with Crippen LogP contribution in [0.15, 0.2) is 15.2 Å². The lowest BCUT2D eigenvalue weighted by molar-refractivity contribution is 0.642. The van der Waals surface area contributed by atoms with Gasteiger partial charge in [-0.05, 0) is 18.6 Å². The second kappa shape index (κ2) is 5.91. The second-order valence-corrected chi connectivity index (χ2v) is 3.54. The molecule has 13 heavy (non-hydrogen) atoms. The Morgan fingerprint density at radius 3 is 2.46 bits per heavy atom. The van der Waals surface area contributed by atoms with Gasteiger partial charge >= 0.3 is 0 Å². The van der Waals surface area contributed by atoms with Crippen molar-refractivity contribution in [3.8, 4) is 0 Å². The van der Waals surface area contributed by atoms with Crippen LogP contribution in [-0.4, -0.2) is 10.9 Å². The summed E-state index contributed by atoms with van der Waals surface area (Å²) in [6.07, 6.45) is 7.26. The van der Waals surface area contributed by atoms with Gasteiger partial charge in [0.05, 0.1) is 0 Å². The number of rotatable bonds is 6. The third kappa shape index (κ3) is 4.22. The first-order chi connectivity index (χ1) is 6.33. The predicted molar refractivity (Wildman–Crippen MR) is 58.3 cm³/mol. The molecule has 0 spiro atoms. The molecule has 1 aliphatic rings. The van der Waals surface area contributed by atoms with Crippen molar-refractivity contribution in [3.05, 3.63) is 0 Å². The van der Waals surface area contributed by atoms with Gasteiger partial charge in [0.15, 0.2) is 5.84 Å². The van der Waals surface area contributed by atoms with Crippen molar-refractivity contribution in [2.24, 2.45) is 15.2 Å². The minimum absolute atomic E-state index is 0.378. The lowest BCUT2D eigenvalue weighted by atomic mass is 10.1. The first-order valence-corrected chi connectivity index (χ1v) is 5.27. The van der Waals surface area contributed by atoms with Gasteiger partial charge in [-0.25, -0.2) is 0 Å². The lowest BCUT2D eigenvalue weighted by Crippen LogP contribution is -1.90. The normalized spacial score (nSPS) is 15.2. The molecule has 0 fully saturated rings. The van der Waals surface area contributed by atoms with E-state index in [0.717, 1.165) is 18.7 Å². The van der Waals surface area contributed by atoms with E-state index >= 15 is 0 Å². The smallest absolute Gasteiger partial charge is 0.200 e. The van der Waals surface area contributed by atoms with Crippen molar-refractivity contribution in [3.63, 3.8) is 0 Å². The van der Waals surface area contributed by atoms with Crippen LogP contribution in [-0.2, 0) is 0 Å². The van der Waals surface area contributed by atoms with Gasteiger partial charge in [0.25, 0.3) is 0 Å². The van der Waals surface area contributed by atoms with E-state index in [9.17, 15) is 0 Å². The highest BCUT2D eigenvalue weighted by molar-refractivity contribution is 7.80. The van der Waals surface area contributed by atoms with E-state index in [-0.39, 0.29) is 0 Å². The Morgan fingerprint density at radius 2 is 1.85 bits per heavy atom. The minimum Gasteiger partial charge on any atom is -0.200 e. The maximum absolute atomic E-state index is 4.77. The molecule has 1 aliphatic heterocycles. The van der Waals surface area contributed by atoms with Crippen LogP contribution in [0.3, 0.4) is 0 Å². The fourth-order valence-electron chi connectivity index (χ4n) is 1.25. The maximum Gasteiger partial charge on any atom is 0.241 e. The molecule has 4 heteroatoms. The zero-order chi connectivity index (χ0) is 9.52. The largest absolute Gasteiger partial charge is 0.241 e. The zero-order valence-corrected chi connectivity index (χ0v) is 8.81. The molecule has 0 aliphatic carbocycles. The van der Waals surface area contributed by atoms with Crippen LogP contribution < -0.4 is 0 Å². The van der Waals surface area contributed by atoms with Gasteiger partial charge in [-0.1, -0.05) is 32.6 Å². The maximum atomic E-state index is 4.77. The first kappa shape index (κ1) is 10.4. The molecule has 0 N–H and O–H groups in total. The van der Waals surface area contributed by atoms with Crippen molar-refractivity contribution in [2.75, 3.05) is 0 Å². The summed E-state index contributed by atoms with van der Waals surface area (Å²) < 4.78 is 0. The Hall–Kier alpha value is -0.640. The van der Waals surface area contributed by atoms with E-state index in [1.54, 1.807) is 0 Å². The highest BCUT2D eigenvalue weighted by Crippen LogP contribution is 2.09. The number of nitrogens with zero attached hydrogens (tertiary/aromatic N) is 3. The molecule has 0 saturated heterocycles. The van der Waals surface area contributed by atoms with Crippen LogP contribution in [0.4, 0.5) is 0 Å². The molecule has 1 rings (SSSR count). The third-order valence-electron chi connectivity index (χ3n) is 1.98. The molecule has 0 aromatic heterocycles.